The summed E-state index contributed by atoms with van der Waals surface area (Å²) in [6, 6.07) is 7.46. The van der Waals surface area contributed by atoms with Crippen LogP contribution >= 0.6 is 0 Å². The molecule has 2 N–H and O–H groups in total. The monoisotopic (exact) mass is 305 g/mol. The molecule has 0 aromatic heterocycles. The number of anilines is 1. The molecule has 1 aromatic rings. The molecule has 1 aromatic carbocycles. The molecule has 1 saturated heterocycles. The molecule has 122 valence electrons. The molecular formula is C18H28FN3. The Morgan fingerprint density at radius 1 is 1.00 bits per heavy atom. The van der Waals surface area contributed by atoms with Crippen molar-refractivity contribution in [2.24, 2.45) is 11.7 Å². The van der Waals surface area contributed by atoms with Gasteiger partial charge < -0.3 is 10.6 Å². The number of hydrogen-bond acceptors (Lipinski definition) is 3. The van der Waals surface area contributed by atoms with Crippen molar-refractivity contribution in [3.8, 4) is 0 Å². The fourth-order valence-electron chi connectivity index (χ4n) is 3.85. The van der Waals surface area contributed by atoms with Gasteiger partial charge in [0.1, 0.15) is 5.82 Å². The van der Waals surface area contributed by atoms with Crippen molar-refractivity contribution in [3.63, 3.8) is 0 Å². The van der Waals surface area contributed by atoms with Crippen LogP contribution in [0.25, 0.3) is 0 Å². The van der Waals surface area contributed by atoms with Gasteiger partial charge in [0.2, 0.25) is 0 Å². The SMILES string of the molecule is NC1CCCCCC1CN1CCN(c2ccccc2F)CC1. The number of nitrogens with zero attached hydrogens (tertiary/aromatic N) is 2. The highest BCUT2D eigenvalue weighted by atomic mass is 19.1. The van der Waals surface area contributed by atoms with E-state index in [0.29, 0.717) is 12.0 Å². The molecule has 1 saturated carbocycles. The van der Waals surface area contributed by atoms with E-state index < -0.39 is 0 Å². The van der Waals surface area contributed by atoms with Gasteiger partial charge in [0.05, 0.1) is 5.69 Å². The normalized spacial score (nSPS) is 27.6. The van der Waals surface area contributed by atoms with E-state index in [9.17, 15) is 4.39 Å². The van der Waals surface area contributed by atoms with E-state index in [4.69, 9.17) is 5.73 Å². The standard InChI is InChI=1S/C18H28FN3/c19-16-7-4-5-9-18(16)22-12-10-21(11-13-22)14-15-6-2-1-3-8-17(15)20/h4-5,7,9,15,17H,1-3,6,8,10-14,20H2. The summed E-state index contributed by atoms with van der Waals surface area (Å²) in [5.74, 6) is 0.532. The third kappa shape index (κ3) is 3.79. The van der Waals surface area contributed by atoms with E-state index in [1.54, 1.807) is 12.1 Å². The second-order valence-electron chi connectivity index (χ2n) is 6.80. The molecule has 3 nitrogen and oxygen atoms in total. The fourth-order valence-corrected chi connectivity index (χ4v) is 3.85. The Labute approximate surface area is 133 Å². The summed E-state index contributed by atoms with van der Waals surface area (Å²) >= 11 is 0. The molecule has 0 bridgehead atoms. The van der Waals surface area contributed by atoms with Crippen molar-refractivity contribution < 1.29 is 4.39 Å². The van der Waals surface area contributed by atoms with Crippen LogP contribution in [0.1, 0.15) is 32.1 Å². The van der Waals surface area contributed by atoms with Gasteiger partial charge in [-0.2, -0.15) is 0 Å². The summed E-state index contributed by atoms with van der Waals surface area (Å²) in [4.78, 5) is 4.69. The lowest BCUT2D eigenvalue weighted by Crippen LogP contribution is -2.49. The van der Waals surface area contributed by atoms with E-state index >= 15 is 0 Å². The lowest BCUT2D eigenvalue weighted by Gasteiger charge is -2.38. The summed E-state index contributed by atoms with van der Waals surface area (Å²) in [6.45, 7) is 4.95. The molecule has 4 heteroatoms. The van der Waals surface area contributed by atoms with Crippen molar-refractivity contribution in [1.82, 2.24) is 4.90 Å². The number of nitrogens with two attached hydrogens (primary N) is 1. The second kappa shape index (κ2) is 7.42. The number of hydrogen-bond donors (Lipinski definition) is 1. The molecule has 2 aliphatic rings. The van der Waals surface area contributed by atoms with Gasteiger partial charge in [0.15, 0.2) is 0 Å². The fraction of sp³-hybridized carbons (Fsp3) is 0.667. The Bertz CT molecular complexity index is 471. The van der Waals surface area contributed by atoms with E-state index in [1.165, 1.54) is 32.1 Å². The molecule has 1 aliphatic heterocycles. The molecule has 3 rings (SSSR count). The van der Waals surface area contributed by atoms with Crippen LogP contribution in [-0.4, -0.2) is 43.7 Å². The maximum atomic E-state index is 13.9. The summed E-state index contributed by atoms with van der Waals surface area (Å²) in [7, 11) is 0. The largest absolute Gasteiger partial charge is 0.367 e. The zero-order valence-corrected chi connectivity index (χ0v) is 13.4. The zero-order valence-electron chi connectivity index (χ0n) is 13.4. The minimum Gasteiger partial charge on any atom is -0.367 e. The van der Waals surface area contributed by atoms with Crippen molar-refractivity contribution in [2.45, 2.75) is 38.1 Å². The van der Waals surface area contributed by atoms with Crippen LogP contribution in [0.4, 0.5) is 10.1 Å². The van der Waals surface area contributed by atoms with Gasteiger partial charge in [-0.1, -0.05) is 31.4 Å². The summed E-state index contributed by atoms with van der Waals surface area (Å²) < 4.78 is 13.9. The lowest BCUT2D eigenvalue weighted by atomic mass is 9.94. The van der Waals surface area contributed by atoms with Crippen LogP contribution < -0.4 is 10.6 Å². The minimum atomic E-state index is -0.109. The first-order chi connectivity index (χ1) is 10.7. The third-order valence-electron chi connectivity index (χ3n) is 5.28. The van der Waals surface area contributed by atoms with Crippen LogP contribution in [0.2, 0.25) is 0 Å². The lowest BCUT2D eigenvalue weighted by molar-refractivity contribution is 0.197. The molecular weight excluding hydrogens is 277 g/mol. The minimum absolute atomic E-state index is 0.109. The number of para-hydroxylation sites is 1. The van der Waals surface area contributed by atoms with Gasteiger partial charge in [-0.25, -0.2) is 4.39 Å². The Balaban J connectivity index is 1.52. The molecule has 0 spiro atoms. The molecule has 22 heavy (non-hydrogen) atoms. The Morgan fingerprint density at radius 3 is 2.50 bits per heavy atom. The first kappa shape index (κ1) is 15.8. The van der Waals surface area contributed by atoms with Crippen molar-refractivity contribution in [3.05, 3.63) is 30.1 Å². The van der Waals surface area contributed by atoms with Crippen LogP contribution in [0.3, 0.4) is 0 Å². The molecule has 2 unspecified atom stereocenters. The van der Waals surface area contributed by atoms with E-state index in [-0.39, 0.29) is 5.82 Å². The summed E-state index contributed by atoms with van der Waals surface area (Å²) in [5, 5.41) is 0. The van der Waals surface area contributed by atoms with Crippen LogP contribution in [-0.2, 0) is 0 Å². The van der Waals surface area contributed by atoms with Gasteiger partial charge in [-0.05, 0) is 30.9 Å². The van der Waals surface area contributed by atoms with Crippen LogP contribution in [0, 0.1) is 11.7 Å². The summed E-state index contributed by atoms with van der Waals surface area (Å²) in [5.41, 5.74) is 7.09. The highest BCUT2D eigenvalue weighted by Crippen LogP contribution is 2.25. The average Bonchev–Trinajstić information content (AvgIpc) is 2.74. The zero-order chi connectivity index (χ0) is 15.4. The van der Waals surface area contributed by atoms with Gasteiger partial charge in [-0.15, -0.1) is 0 Å². The third-order valence-corrected chi connectivity index (χ3v) is 5.28. The van der Waals surface area contributed by atoms with Crippen LogP contribution in [0.5, 0.6) is 0 Å². The van der Waals surface area contributed by atoms with Gasteiger partial charge in [0, 0.05) is 38.8 Å². The van der Waals surface area contributed by atoms with E-state index in [0.717, 1.165) is 38.4 Å². The Hall–Kier alpha value is -1.13. The van der Waals surface area contributed by atoms with Gasteiger partial charge in [-0.3, -0.25) is 4.90 Å². The van der Waals surface area contributed by atoms with Crippen LogP contribution in [0.15, 0.2) is 24.3 Å². The molecule has 2 fully saturated rings. The van der Waals surface area contributed by atoms with Crippen molar-refractivity contribution in [1.29, 1.82) is 0 Å². The first-order valence-corrected chi connectivity index (χ1v) is 8.71. The predicted octanol–water partition coefficient (Wildman–Crippen LogP) is 2.86. The Morgan fingerprint density at radius 2 is 1.73 bits per heavy atom. The molecule has 1 heterocycles. The number of rotatable bonds is 3. The first-order valence-electron chi connectivity index (χ1n) is 8.71. The van der Waals surface area contributed by atoms with E-state index in [1.807, 2.05) is 12.1 Å². The molecule has 0 amide bonds. The maximum Gasteiger partial charge on any atom is 0.146 e. The summed E-state index contributed by atoms with van der Waals surface area (Å²) in [6.07, 6.45) is 6.41. The predicted molar refractivity (Wildman–Crippen MR) is 89.6 cm³/mol. The number of benzene rings is 1. The van der Waals surface area contributed by atoms with Crippen molar-refractivity contribution in [2.75, 3.05) is 37.6 Å². The topological polar surface area (TPSA) is 32.5 Å². The van der Waals surface area contributed by atoms with E-state index in [2.05, 4.69) is 9.80 Å². The second-order valence-corrected chi connectivity index (χ2v) is 6.80. The smallest absolute Gasteiger partial charge is 0.146 e. The molecule has 1 aliphatic carbocycles. The van der Waals surface area contributed by atoms with Gasteiger partial charge in [0.25, 0.3) is 0 Å². The number of halogens is 1. The highest BCUT2D eigenvalue weighted by Gasteiger charge is 2.25. The molecule has 2 atom stereocenters. The molecule has 0 radical (unpaired) electrons. The van der Waals surface area contributed by atoms with Gasteiger partial charge >= 0.3 is 0 Å². The van der Waals surface area contributed by atoms with Crippen molar-refractivity contribution >= 4 is 5.69 Å². The highest BCUT2D eigenvalue weighted by molar-refractivity contribution is 5.47. The Kier molecular flexibility index (Phi) is 5.32. The number of piperazine rings is 1. The quantitative estimate of drug-likeness (QED) is 0.872. The average molecular weight is 305 g/mol. The maximum absolute atomic E-state index is 13.9.